The molecule has 2 amide bonds. The zero-order valence-electron chi connectivity index (χ0n) is 14.7. The number of methoxy groups -OCH3 is 1. The first-order valence-electron chi connectivity index (χ1n) is 8.23. The molecule has 0 spiro atoms. The zero-order valence-corrected chi connectivity index (χ0v) is 14.7. The van der Waals surface area contributed by atoms with Crippen LogP contribution >= 0.6 is 0 Å². The highest BCUT2D eigenvalue weighted by Gasteiger charge is 2.08. The molecule has 0 saturated carbocycles. The summed E-state index contributed by atoms with van der Waals surface area (Å²) in [5.74, 6) is 0.718. The molecule has 134 valence electrons. The third-order valence-electron chi connectivity index (χ3n) is 3.98. The standard InChI is InChI=1S/C19H20N4O3/c1-13-18(24)23(17-6-4-3-5-16(17)21-13)12-11-20-19(25)22-14-7-9-15(26-2)10-8-14/h3-10H,11-12H2,1-2H3,(H2,20,22,25). The number of aromatic nitrogens is 2. The Bertz CT molecular complexity index is 980. The molecule has 0 atom stereocenters. The van der Waals surface area contributed by atoms with Gasteiger partial charge in [-0.05, 0) is 43.3 Å². The molecule has 0 fully saturated rings. The molecule has 26 heavy (non-hydrogen) atoms. The molecule has 7 nitrogen and oxygen atoms in total. The molecule has 3 rings (SSSR count). The van der Waals surface area contributed by atoms with Gasteiger partial charge in [0.05, 0.1) is 18.1 Å². The minimum atomic E-state index is -0.335. The van der Waals surface area contributed by atoms with Gasteiger partial charge >= 0.3 is 6.03 Å². The molecule has 0 saturated heterocycles. The minimum absolute atomic E-state index is 0.152. The summed E-state index contributed by atoms with van der Waals surface area (Å²) in [6, 6.07) is 14.2. The Morgan fingerprint density at radius 1 is 1.15 bits per heavy atom. The van der Waals surface area contributed by atoms with E-state index in [1.807, 2.05) is 24.3 Å². The van der Waals surface area contributed by atoms with Crippen LogP contribution in [0.15, 0.2) is 53.3 Å². The van der Waals surface area contributed by atoms with E-state index in [2.05, 4.69) is 15.6 Å². The number of nitrogens with zero attached hydrogens (tertiary/aromatic N) is 2. The predicted octanol–water partition coefficient (Wildman–Crippen LogP) is 2.54. The van der Waals surface area contributed by atoms with Crippen molar-refractivity contribution in [2.75, 3.05) is 19.0 Å². The first-order chi connectivity index (χ1) is 12.6. The van der Waals surface area contributed by atoms with Gasteiger partial charge in [0.25, 0.3) is 5.56 Å². The molecule has 3 aromatic rings. The summed E-state index contributed by atoms with van der Waals surface area (Å²) < 4.78 is 6.71. The fourth-order valence-electron chi connectivity index (χ4n) is 2.67. The number of rotatable bonds is 5. The molecule has 1 heterocycles. The lowest BCUT2D eigenvalue weighted by Crippen LogP contribution is -2.34. The van der Waals surface area contributed by atoms with E-state index in [9.17, 15) is 9.59 Å². The number of para-hydroxylation sites is 2. The van der Waals surface area contributed by atoms with E-state index >= 15 is 0 Å². The quantitative estimate of drug-likeness (QED) is 0.739. The van der Waals surface area contributed by atoms with Crippen molar-refractivity contribution in [3.8, 4) is 5.75 Å². The number of hydrogen-bond donors (Lipinski definition) is 2. The number of benzene rings is 2. The molecule has 1 aromatic heterocycles. The highest BCUT2D eigenvalue weighted by molar-refractivity contribution is 5.89. The predicted molar refractivity (Wildman–Crippen MR) is 101 cm³/mol. The van der Waals surface area contributed by atoms with Crippen LogP contribution in [-0.2, 0) is 6.54 Å². The summed E-state index contributed by atoms with van der Waals surface area (Å²) in [6.45, 7) is 2.36. The lowest BCUT2D eigenvalue weighted by molar-refractivity contribution is 0.251. The molecule has 0 bridgehead atoms. The lowest BCUT2D eigenvalue weighted by Gasteiger charge is -2.12. The Morgan fingerprint density at radius 3 is 2.62 bits per heavy atom. The number of nitrogens with one attached hydrogen (secondary N) is 2. The summed E-state index contributed by atoms with van der Waals surface area (Å²) in [6.07, 6.45) is 0. The Kier molecular flexibility index (Phi) is 5.17. The largest absolute Gasteiger partial charge is 0.497 e. The van der Waals surface area contributed by atoms with Crippen LogP contribution in [0.5, 0.6) is 5.75 Å². The maximum atomic E-state index is 12.4. The van der Waals surface area contributed by atoms with E-state index in [1.165, 1.54) is 0 Å². The number of aryl methyl sites for hydroxylation is 1. The minimum Gasteiger partial charge on any atom is -0.497 e. The molecule has 7 heteroatoms. The van der Waals surface area contributed by atoms with Crippen LogP contribution < -0.4 is 20.9 Å². The number of hydrogen-bond acceptors (Lipinski definition) is 4. The summed E-state index contributed by atoms with van der Waals surface area (Å²) in [7, 11) is 1.58. The zero-order chi connectivity index (χ0) is 18.5. The van der Waals surface area contributed by atoms with E-state index in [0.29, 0.717) is 24.5 Å². The van der Waals surface area contributed by atoms with Gasteiger partial charge in [0.15, 0.2) is 0 Å². The van der Waals surface area contributed by atoms with Crippen molar-refractivity contribution in [1.82, 2.24) is 14.9 Å². The molecule has 2 aromatic carbocycles. The Labute approximate surface area is 150 Å². The van der Waals surface area contributed by atoms with Gasteiger partial charge in [0, 0.05) is 18.8 Å². The van der Waals surface area contributed by atoms with Crippen molar-refractivity contribution in [1.29, 1.82) is 0 Å². The average Bonchev–Trinajstić information content (AvgIpc) is 2.65. The lowest BCUT2D eigenvalue weighted by atomic mass is 10.2. The van der Waals surface area contributed by atoms with Crippen LogP contribution in [0.3, 0.4) is 0 Å². The summed E-state index contributed by atoms with van der Waals surface area (Å²) in [5.41, 5.74) is 2.45. The first kappa shape index (κ1) is 17.5. The number of urea groups is 1. The molecule has 0 aliphatic carbocycles. The van der Waals surface area contributed by atoms with Gasteiger partial charge in [-0.15, -0.1) is 0 Å². The topological polar surface area (TPSA) is 85.2 Å². The normalized spacial score (nSPS) is 10.5. The van der Waals surface area contributed by atoms with Crippen molar-refractivity contribution in [3.05, 3.63) is 64.6 Å². The van der Waals surface area contributed by atoms with Gasteiger partial charge in [-0.1, -0.05) is 12.1 Å². The fourth-order valence-corrected chi connectivity index (χ4v) is 2.67. The van der Waals surface area contributed by atoms with Crippen molar-refractivity contribution in [3.63, 3.8) is 0 Å². The summed E-state index contributed by atoms with van der Waals surface area (Å²) >= 11 is 0. The number of carbonyl (C=O) groups excluding carboxylic acids is 1. The van der Waals surface area contributed by atoms with Gasteiger partial charge in [-0.2, -0.15) is 0 Å². The highest BCUT2D eigenvalue weighted by atomic mass is 16.5. The van der Waals surface area contributed by atoms with Crippen LogP contribution in [0.25, 0.3) is 11.0 Å². The van der Waals surface area contributed by atoms with Gasteiger partial charge in [0.1, 0.15) is 11.4 Å². The highest BCUT2D eigenvalue weighted by Crippen LogP contribution is 2.14. The van der Waals surface area contributed by atoms with E-state index in [0.717, 1.165) is 16.8 Å². The monoisotopic (exact) mass is 352 g/mol. The number of carbonyl (C=O) groups is 1. The number of amides is 2. The van der Waals surface area contributed by atoms with E-state index in [4.69, 9.17) is 4.74 Å². The van der Waals surface area contributed by atoms with Crippen LogP contribution in [0, 0.1) is 6.92 Å². The first-order valence-corrected chi connectivity index (χ1v) is 8.23. The van der Waals surface area contributed by atoms with Crippen molar-refractivity contribution in [2.24, 2.45) is 0 Å². The third kappa shape index (κ3) is 3.83. The van der Waals surface area contributed by atoms with E-state index < -0.39 is 0 Å². The molecule has 0 aliphatic heterocycles. The van der Waals surface area contributed by atoms with Crippen molar-refractivity contribution < 1.29 is 9.53 Å². The van der Waals surface area contributed by atoms with Gasteiger partial charge in [-0.3, -0.25) is 4.79 Å². The van der Waals surface area contributed by atoms with Crippen molar-refractivity contribution >= 4 is 22.8 Å². The van der Waals surface area contributed by atoms with Crippen LogP contribution in [0.4, 0.5) is 10.5 Å². The molecular formula is C19H20N4O3. The molecule has 0 unspecified atom stereocenters. The SMILES string of the molecule is COc1ccc(NC(=O)NCCn2c(=O)c(C)nc3ccccc32)cc1. The Morgan fingerprint density at radius 2 is 1.88 bits per heavy atom. The second kappa shape index (κ2) is 7.69. The van der Waals surface area contributed by atoms with E-state index in [1.54, 1.807) is 42.9 Å². The maximum absolute atomic E-state index is 12.4. The summed E-state index contributed by atoms with van der Waals surface area (Å²) in [4.78, 5) is 28.7. The Balaban J connectivity index is 1.64. The Hall–Kier alpha value is -3.35. The van der Waals surface area contributed by atoms with Crippen molar-refractivity contribution in [2.45, 2.75) is 13.5 Å². The number of anilines is 1. The second-order valence-electron chi connectivity index (χ2n) is 5.75. The molecule has 0 aliphatic rings. The molecular weight excluding hydrogens is 332 g/mol. The van der Waals surface area contributed by atoms with Gasteiger partial charge in [-0.25, -0.2) is 9.78 Å². The summed E-state index contributed by atoms with van der Waals surface area (Å²) in [5, 5.41) is 5.50. The molecule has 2 N–H and O–H groups in total. The van der Waals surface area contributed by atoms with Crippen LogP contribution in [0.2, 0.25) is 0 Å². The van der Waals surface area contributed by atoms with E-state index in [-0.39, 0.29) is 11.6 Å². The number of ether oxygens (including phenoxy) is 1. The molecule has 0 radical (unpaired) electrons. The maximum Gasteiger partial charge on any atom is 0.319 e. The smallest absolute Gasteiger partial charge is 0.319 e. The van der Waals surface area contributed by atoms with Gasteiger partial charge in [0.2, 0.25) is 0 Å². The van der Waals surface area contributed by atoms with Crippen LogP contribution in [-0.4, -0.2) is 29.2 Å². The average molecular weight is 352 g/mol. The number of fused-ring (bicyclic) bond motifs is 1. The second-order valence-corrected chi connectivity index (χ2v) is 5.75. The fraction of sp³-hybridized carbons (Fsp3) is 0.211. The van der Waals surface area contributed by atoms with Gasteiger partial charge < -0.3 is 19.9 Å². The third-order valence-corrected chi connectivity index (χ3v) is 3.98. The van der Waals surface area contributed by atoms with Crippen LogP contribution in [0.1, 0.15) is 5.69 Å².